The predicted octanol–water partition coefficient (Wildman–Crippen LogP) is 4.06. The number of hydrogen-bond donors (Lipinski definition) is 2. The number of anilines is 2. The van der Waals surface area contributed by atoms with E-state index in [4.69, 9.17) is 9.47 Å². The van der Waals surface area contributed by atoms with Crippen LogP contribution in [0.5, 0.6) is 11.5 Å². The molecule has 0 aromatic heterocycles. The fourth-order valence-electron chi connectivity index (χ4n) is 2.76. The summed E-state index contributed by atoms with van der Waals surface area (Å²) >= 11 is 0. The van der Waals surface area contributed by atoms with Gasteiger partial charge in [-0.25, -0.2) is 4.39 Å². The second-order valence-corrected chi connectivity index (χ2v) is 6.03. The second kappa shape index (κ2) is 7.40. The third kappa shape index (κ3) is 3.64. The first-order valence-corrected chi connectivity index (χ1v) is 8.47. The predicted molar refractivity (Wildman–Crippen MR) is 101 cm³/mol. The van der Waals surface area contributed by atoms with Gasteiger partial charge in [0.05, 0.1) is 11.3 Å². The van der Waals surface area contributed by atoms with E-state index >= 15 is 0 Å². The smallest absolute Gasteiger partial charge is 0.257 e. The first kappa shape index (κ1) is 17.5. The number of benzene rings is 3. The molecule has 1 heterocycles. The van der Waals surface area contributed by atoms with Crippen LogP contribution in [0.3, 0.4) is 0 Å². The molecule has 1 aliphatic heterocycles. The average molecular weight is 378 g/mol. The fraction of sp³-hybridized carbons (Fsp3) is 0.0476. The lowest BCUT2D eigenvalue weighted by Crippen LogP contribution is -2.18. The molecule has 3 aromatic carbocycles. The maximum atomic E-state index is 13.0. The molecule has 0 fully saturated rings. The van der Waals surface area contributed by atoms with Crippen LogP contribution in [0.15, 0.2) is 66.7 Å². The maximum Gasteiger partial charge on any atom is 0.257 e. The third-order valence-electron chi connectivity index (χ3n) is 4.16. The van der Waals surface area contributed by atoms with Gasteiger partial charge in [0.2, 0.25) is 6.79 Å². The lowest BCUT2D eigenvalue weighted by Gasteiger charge is -2.12. The van der Waals surface area contributed by atoms with Gasteiger partial charge in [0.15, 0.2) is 11.5 Å². The number of amides is 2. The molecule has 0 saturated heterocycles. The monoisotopic (exact) mass is 378 g/mol. The van der Waals surface area contributed by atoms with Gasteiger partial charge in [0, 0.05) is 17.3 Å². The molecular formula is C21H15FN2O4. The highest BCUT2D eigenvalue weighted by Gasteiger charge is 2.17. The third-order valence-corrected chi connectivity index (χ3v) is 4.16. The van der Waals surface area contributed by atoms with Crippen molar-refractivity contribution in [3.8, 4) is 11.5 Å². The van der Waals surface area contributed by atoms with Crippen molar-refractivity contribution in [3.05, 3.63) is 83.7 Å². The van der Waals surface area contributed by atoms with Crippen molar-refractivity contribution < 1.29 is 23.5 Å². The molecule has 0 radical (unpaired) electrons. The Morgan fingerprint density at radius 3 is 2.39 bits per heavy atom. The summed E-state index contributed by atoms with van der Waals surface area (Å²) in [5.41, 5.74) is 1.45. The minimum Gasteiger partial charge on any atom is -0.454 e. The molecule has 0 aliphatic carbocycles. The Bertz CT molecular complexity index is 1050. The summed E-state index contributed by atoms with van der Waals surface area (Å²) < 4.78 is 23.6. The molecule has 2 N–H and O–H groups in total. The zero-order chi connectivity index (χ0) is 19.5. The number of para-hydroxylation sites is 1. The minimum atomic E-state index is -0.441. The molecule has 0 atom stereocenters. The van der Waals surface area contributed by atoms with Gasteiger partial charge in [-0.1, -0.05) is 12.1 Å². The lowest BCUT2D eigenvalue weighted by molar-refractivity contribution is 0.102. The first-order valence-electron chi connectivity index (χ1n) is 8.47. The molecule has 4 rings (SSSR count). The van der Waals surface area contributed by atoms with E-state index in [2.05, 4.69) is 10.6 Å². The molecule has 3 aromatic rings. The highest BCUT2D eigenvalue weighted by Crippen LogP contribution is 2.34. The summed E-state index contributed by atoms with van der Waals surface area (Å²) in [5.74, 6) is -0.0992. The van der Waals surface area contributed by atoms with Crippen molar-refractivity contribution >= 4 is 23.2 Å². The molecule has 2 amide bonds. The van der Waals surface area contributed by atoms with Crippen molar-refractivity contribution in [3.63, 3.8) is 0 Å². The lowest BCUT2D eigenvalue weighted by atomic mass is 10.1. The fourth-order valence-corrected chi connectivity index (χ4v) is 2.76. The normalized spacial score (nSPS) is 11.8. The van der Waals surface area contributed by atoms with E-state index in [9.17, 15) is 14.0 Å². The van der Waals surface area contributed by atoms with Crippen LogP contribution in [-0.2, 0) is 0 Å². The summed E-state index contributed by atoms with van der Waals surface area (Å²) in [7, 11) is 0. The molecule has 140 valence electrons. The van der Waals surface area contributed by atoms with Crippen LogP contribution >= 0.6 is 0 Å². The van der Waals surface area contributed by atoms with Crippen molar-refractivity contribution in [2.24, 2.45) is 0 Å². The number of fused-ring (bicyclic) bond motifs is 1. The maximum absolute atomic E-state index is 13.0. The Morgan fingerprint density at radius 1 is 0.821 bits per heavy atom. The second-order valence-electron chi connectivity index (χ2n) is 6.03. The van der Waals surface area contributed by atoms with Crippen molar-refractivity contribution in [2.45, 2.75) is 0 Å². The van der Waals surface area contributed by atoms with E-state index in [1.54, 1.807) is 42.5 Å². The number of carbonyl (C=O) groups excluding carboxylic acids is 2. The Balaban J connectivity index is 1.52. The summed E-state index contributed by atoms with van der Waals surface area (Å²) in [6, 6.07) is 16.9. The van der Waals surface area contributed by atoms with Gasteiger partial charge in [-0.15, -0.1) is 0 Å². The van der Waals surface area contributed by atoms with Gasteiger partial charge in [-0.2, -0.15) is 0 Å². The average Bonchev–Trinajstić information content (AvgIpc) is 3.16. The first-order chi connectivity index (χ1) is 13.6. The summed E-state index contributed by atoms with van der Waals surface area (Å²) in [4.78, 5) is 25.1. The number of carbonyl (C=O) groups is 2. The van der Waals surface area contributed by atoms with E-state index in [1.165, 1.54) is 24.3 Å². The van der Waals surface area contributed by atoms with Gasteiger partial charge in [0.1, 0.15) is 5.82 Å². The zero-order valence-corrected chi connectivity index (χ0v) is 14.6. The number of hydrogen-bond acceptors (Lipinski definition) is 4. The van der Waals surface area contributed by atoms with Crippen molar-refractivity contribution in [1.82, 2.24) is 0 Å². The highest BCUT2D eigenvalue weighted by molar-refractivity contribution is 6.12. The minimum absolute atomic E-state index is 0.144. The van der Waals surface area contributed by atoms with Gasteiger partial charge in [0.25, 0.3) is 11.8 Å². The van der Waals surface area contributed by atoms with Crippen LogP contribution in [0.4, 0.5) is 15.8 Å². The molecular weight excluding hydrogens is 363 g/mol. The Hall–Kier alpha value is -3.87. The van der Waals surface area contributed by atoms with Crippen LogP contribution in [0.2, 0.25) is 0 Å². The van der Waals surface area contributed by atoms with Gasteiger partial charge >= 0.3 is 0 Å². The van der Waals surface area contributed by atoms with Crippen LogP contribution in [0, 0.1) is 5.82 Å². The van der Waals surface area contributed by atoms with Crippen LogP contribution in [0.1, 0.15) is 20.7 Å². The Morgan fingerprint density at radius 2 is 1.57 bits per heavy atom. The van der Waals surface area contributed by atoms with E-state index in [0.29, 0.717) is 22.9 Å². The molecule has 0 bridgehead atoms. The number of nitrogens with one attached hydrogen (secondary N) is 2. The van der Waals surface area contributed by atoms with Crippen LogP contribution < -0.4 is 20.1 Å². The zero-order valence-electron chi connectivity index (χ0n) is 14.6. The SMILES string of the molecule is O=C(Nc1ccccc1C(=O)Nc1ccc2c(c1)OCO2)c1ccc(F)cc1. The molecule has 28 heavy (non-hydrogen) atoms. The summed E-state index contributed by atoms with van der Waals surface area (Å²) in [6.45, 7) is 0.144. The summed E-state index contributed by atoms with van der Waals surface area (Å²) in [6.07, 6.45) is 0. The number of ether oxygens (including phenoxy) is 2. The topological polar surface area (TPSA) is 76.7 Å². The Kier molecular flexibility index (Phi) is 4.63. The number of rotatable bonds is 4. The van der Waals surface area contributed by atoms with Gasteiger partial charge in [-0.3, -0.25) is 9.59 Å². The quantitative estimate of drug-likeness (QED) is 0.718. The molecule has 0 spiro atoms. The van der Waals surface area contributed by atoms with E-state index < -0.39 is 17.6 Å². The van der Waals surface area contributed by atoms with Gasteiger partial charge < -0.3 is 20.1 Å². The molecule has 7 heteroatoms. The Labute approximate surface area is 159 Å². The molecule has 6 nitrogen and oxygen atoms in total. The molecule has 0 unspecified atom stereocenters. The largest absolute Gasteiger partial charge is 0.454 e. The van der Waals surface area contributed by atoms with Crippen LogP contribution in [0.25, 0.3) is 0 Å². The van der Waals surface area contributed by atoms with E-state index in [1.807, 2.05) is 0 Å². The highest BCUT2D eigenvalue weighted by atomic mass is 19.1. The molecule has 0 saturated carbocycles. The number of halogens is 1. The van der Waals surface area contributed by atoms with E-state index in [-0.39, 0.29) is 17.9 Å². The van der Waals surface area contributed by atoms with Crippen molar-refractivity contribution in [2.75, 3.05) is 17.4 Å². The van der Waals surface area contributed by atoms with E-state index in [0.717, 1.165) is 0 Å². The summed E-state index contributed by atoms with van der Waals surface area (Å²) in [5, 5.41) is 5.46. The standard InChI is InChI=1S/C21H15FN2O4/c22-14-7-5-13(6-8-14)20(25)24-17-4-2-1-3-16(17)21(26)23-15-9-10-18-19(11-15)28-12-27-18/h1-11H,12H2,(H,23,26)(H,24,25). The van der Waals surface area contributed by atoms with Gasteiger partial charge in [-0.05, 0) is 48.5 Å². The molecule has 1 aliphatic rings. The van der Waals surface area contributed by atoms with Crippen LogP contribution in [-0.4, -0.2) is 18.6 Å². The van der Waals surface area contributed by atoms with Crippen molar-refractivity contribution in [1.29, 1.82) is 0 Å².